The molecular formula is C24H20BrNO4. The Bertz CT molecular complexity index is 1040. The van der Waals surface area contributed by atoms with Gasteiger partial charge >= 0.3 is 12.1 Å². The van der Waals surface area contributed by atoms with Gasteiger partial charge in [-0.2, -0.15) is 0 Å². The number of halogens is 1. The van der Waals surface area contributed by atoms with Gasteiger partial charge < -0.3 is 15.2 Å². The number of nitrogens with one attached hydrogen (secondary N) is 1. The van der Waals surface area contributed by atoms with Gasteiger partial charge in [0.15, 0.2) is 0 Å². The number of ether oxygens (including phenoxy) is 1. The third-order valence-corrected chi connectivity index (χ3v) is 5.89. The first-order valence-corrected chi connectivity index (χ1v) is 10.4. The molecule has 3 aromatic carbocycles. The lowest BCUT2D eigenvalue weighted by atomic mass is 9.98. The van der Waals surface area contributed by atoms with Crippen molar-refractivity contribution < 1.29 is 19.4 Å². The Hall–Kier alpha value is -3.12. The summed E-state index contributed by atoms with van der Waals surface area (Å²) in [6.07, 6.45) is -0.625. The predicted molar refractivity (Wildman–Crippen MR) is 118 cm³/mol. The lowest BCUT2D eigenvalue weighted by Crippen LogP contribution is -2.32. The minimum Gasteiger partial charge on any atom is -0.481 e. The molecule has 6 heteroatoms. The summed E-state index contributed by atoms with van der Waals surface area (Å²) in [7, 11) is 0. The average Bonchev–Trinajstić information content (AvgIpc) is 3.07. The molecular weight excluding hydrogens is 446 g/mol. The minimum atomic E-state index is -1.00. The van der Waals surface area contributed by atoms with Crippen molar-refractivity contribution in [2.45, 2.75) is 11.8 Å². The molecule has 0 unspecified atom stereocenters. The predicted octanol–water partition coefficient (Wildman–Crippen LogP) is 5.16. The van der Waals surface area contributed by atoms with Gasteiger partial charge in [0.2, 0.25) is 0 Å². The second kappa shape index (κ2) is 8.71. The van der Waals surface area contributed by atoms with Gasteiger partial charge in [0.1, 0.15) is 6.61 Å². The summed E-state index contributed by atoms with van der Waals surface area (Å²) >= 11 is 3.33. The fourth-order valence-electron chi connectivity index (χ4n) is 3.88. The van der Waals surface area contributed by atoms with E-state index in [1.54, 1.807) is 24.3 Å². The smallest absolute Gasteiger partial charge is 0.407 e. The number of carbonyl (C=O) groups is 2. The number of carbonyl (C=O) groups excluding carboxylic acids is 1. The molecule has 1 aliphatic carbocycles. The normalized spacial score (nSPS) is 13.2. The summed E-state index contributed by atoms with van der Waals surface area (Å²) in [5.41, 5.74) is 5.19. The van der Waals surface area contributed by atoms with Crippen LogP contribution in [0.2, 0.25) is 0 Å². The van der Waals surface area contributed by atoms with Crippen molar-refractivity contribution in [3.63, 3.8) is 0 Å². The Kier molecular flexibility index (Phi) is 5.86. The second-order valence-electron chi connectivity index (χ2n) is 7.15. The maximum Gasteiger partial charge on any atom is 0.407 e. The van der Waals surface area contributed by atoms with Crippen LogP contribution in [0.25, 0.3) is 11.1 Å². The zero-order chi connectivity index (χ0) is 21.1. The summed E-state index contributed by atoms with van der Waals surface area (Å²) in [6.45, 7) is 0.142. The molecule has 0 aliphatic heterocycles. The summed E-state index contributed by atoms with van der Waals surface area (Å²) in [4.78, 5) is 23.9. The number of benzene rings is 3. The Morgan fingerprint density at radius 2 is 1.50 bits per heavy atom. The molecule has 4 rings (SSSR count). The number of carboxylic acids is 1. The highest BCUT2D eigenvalue weighted by molar-refractivity contribution is 9.10. The maximum absolute atomic E-state index is 12.3. The van der Waals surface area contributed by atoms with Gasteiger partial charge in [0.05, 0.1) is 5.92 Å². The first-order chi connectivity index (χ1) is 14.5. The van der Waals surface area contributed by atoms with Crippen LogP contribution in [0.5, 0.6) is 0 Å². The van der Waals surface area contributed by atoms with Crippen molar-refractivity contribution in [3.8, 4) is 11.1 Å². The molecule has 5 nitrogen and oxygen atoms in total. The summed E-state index contributed by atoms with van der Waals surface area (Å²) in [5.74, 6) is -1.89. The number of hydrogen-bond acceptors (Lipinski definition) is 3. The largest absolute Gasteiger partial charge is 0.481 e. The average molecular weight is 466 g/mol. The van der Waals surface area contributed by atoms with E-state index in [2.05, 4.69) is 45.5 Å². The molecule has 1 aliphatic rings. The number of carboxylic acid groups (broad SMARTS) is 1. The van der Waals surface area contributed by atoms with Gasteiger partial charge in [0, 0.05) is 16.9 Å². The van der Waals surface area contributed by atoms with E-state index in [9.17, 15) is 14.7 Å². The van der Waals surface area contributed by atoms with Crippen molar-refractivity contribution in [1.82, 2.24) is 5.32 Å². The minimum absolute atomic E-state index is 0.0371. The Morgan fingerprint density at radius 1 is 0.933 bits per heavy atom. The number of hydrogen-bond donors (Lipinski definition) is 2. The first-order valence-electron chi connectivity index (χ1n) is 9.61. The molecule has 0 fully saturated rings. The summed E-state index contributed by atoms with van der Waals surface area (Å²) in [5, 5.41) is 12.1. The molecule has 1 amide bonds. The van der Waals surface area contributed by atoms with Crippen molar-refractivity contribution in [3.05, 3.63) is 94.0 Å². The van der Waals surface area contributed by atoms with Crippen LogP contribution in [-0.4, -0.2) is 30.3 Å². The molecule has 152 valence electrons. The zero-order valence-corrected chi connectivity index (χ0v) is 17.6. The fraction of sp³-hybridized carbons (Fsp3) is 0.167. The quantitative estimate of drug-likeness (QED) is 0.527. The Balaban J connectivity index is 1.40. The lowest BCUT2D eigenvalue weighted by Gasteiger charge is -2.16. The van der Waals surface area contributed by atoms with Crippen LogP contribution in [-0.2, 0) is 9.53 Å². The summed E-state index contributed by atoms with van der Waals surface area (Å²) in [6, 6.07) is 23.2. The van der Waals surface area contributed by atoms with Crippen molar-refractivity contribution in [2.75, 3.05) is 13.2 Å². The monoisotopic (exact) mass is 465 g/mol. The van der Waals surface area contributed by atoms with E-state index in [0.717, 1.165) is 26.7 Å². The van der Waals surface area contributed by atoms with Gasteiger partial charge in [-0.25, -0.2) is 4.79 Å². The van der Waals surface area contributed by atoms with E-state index in [-0.39, 0.29) is 19.1 Å². The van der Waals surface area contributed by atoms with Crippen LogP contribution in [0.4, 0.5) is 4.79 Å². The van der Waals surface area contributed by atoms with Gasteiger partial charge in [-0.1, -0.05) is 76.6 Å². The van der Waals surface area contributed by atoms with Crippen LogP contribution < -0.4 is 5.32 Å². The van der Waals surface area contributed by atoms with E-state index in [0.29, 0.717) is 5.56 Å². The van der Waals surface area contributed by atoms with E-state index in [1.807, 2.05) is 24.3 Å². The molecule has 3 aromatic rings. The number of alkyl carbamates (subject to hydrolysis) is 1. The molecule has 0 spiro atoms. The molecule has 0 saturated carbocycles. The zero-order valence-electron chi connectivity index (χ0n) is 16.0. The Morgan fingerprint density at radius 3 is 2.07 bits per heavy atom. The van der Waals surface area contributed by atoms with E-state index < -0.39 is 18.0 Å². The summed E-state index contributed by atoms with van der Waals surface area (Å²) < 4.78 is 6.34. The number of fused-ring (bicyclic) bond motifs is 3. The van der Waals surface area contributed by atoms with Crippen LogP contribution in [0, 0.1) is 0 Å². The molecule has 0 heterocycles. The molecule has 2 N–H and O–H groups in total. The molecule has 0 saturated heterocycles. The number of amides is 1. The van der Waals surface area contributed by atoms with Crippen LogP contribution in [0.3, 0.4) is 0 Å². The van der Waals surface area contributed by atoms with Crippen molar-refractivity contribution in [1.29, 1.82) is 0 Å². The maximum atomic E-state index is 12.3. The van der Waals surface area contributed by atoms with Crippen LogP contribution in [0.1, 0.15) is 28.5 Å². The molecule has 0 aromatic heterocycles. The molecule has 1 atom stereocenters. The van der Waals surface area contributed by atoms with E-state index in [4.69, 9.17) is 4.74 Å². The lowest BCUT2D eigenvalue weighted by molar-refractivity contribution is -0.138. The van der Waals surface area contributed by atoms with Gasteiger partial charge in [-0.15, -0.1) is 0 Å². The van der Waals surface area contributed by atoms with Crippen molar-refractivity contribution in [2.24, 2.45) is 0 Å². The van der Waals surface area contributed by atoms with E-state index in [1.165, 1.54) is 0 Å². The number of rotatable bonds is 6. The third kappa shape index (κ3) is 4.09. The highest BCUT2D eigenvalue weighted by Crippen LogP contribution is 2.44. The Labute approximate surface area is 182 Å². The SMILES string of the molecule is O=C(NC[C@@H](C(=O)O)c1ccc(Br)cc1)OCC1c2ccccc2-c2ccccc21. The molecule has 0 radical (unpaired) electrons. The molecule has 30 heavy (non-hydrogen) atoms. The second-order valence-corrected chi connectivity index (χ2v) is 8.06. The highest BCUT2D eigenvalue weighted by Gasteiger charge is 2.29. The first kappa shape index (κ1) is 20.2. The third-order valence-electron chi connectivity index (χ3n) is 5.36. The number of aliphatic carboxylic acids is 1. The highest BCUT2D eigenvalue weighted by atomic mass is 79.9. The van der Waals surface area contributed by atoms with Gasteiger partial charge in [-0.3, -0.25) is 4.79 Å². The van der Waals surface area contributed by atoms with E-state index >= 15 is 0 Å². The fourth-order valence-corrected chi connectivity index (χ4v) is 4.14. The van der Waals surface area contributed by atoms with Crippen molar-refractivity contribution >= 4 is 28.0 Å². The van der Waals surface area contributed by atoms with Crippen LogP contribution >= 0.6 is 15.9 Å². The topological polar surface area (TPSA) is 75.6 Å². The van der Waals surface area contributed by atoms with Gasteiger partial charge in [0.25, 0.3) is 0 Å². The van der Waals surface area contributed by atoms with Crippen LogP contribution in [0.15, 0.2) is 77.3 Å². The standard InChI is InChI=1S/C24H20BrNO4/c25-16-11-9-15(10-12-16)21(23(27)28)13-26-24(29)30-14-22-19-7-3-1-5-17(19)18-6-2-4-8-20(18)22/h1-12,21-22H,13-14H2,(H,26,29)(H,27,28)/t21-/m1/s1. The molecule has 0 bridgehead atoms. The van der Waals surface area contributed by atoms with Gasteiger partial charge in [-0.05, 0) is 39.9 Å².